The van der Waals surface area contributed by atoms with E-state index in [-0.39, 0.29) is 28.0 Å². The lowest BCUT2D eigenvalue weighted by Crippen LogP contribution is -2.50. The zero-order valence-electron chi connectivity index (χ0n) is 20.5. The lowest BCUT2D eigenvalue weighted by molar-refractivity contribution is 0.0869. The van der Waals surface area contributed by atoms with Crippen molar-refractivity contribution in [3.63, 3.8) is 0 Å². The van der Waals surface area contributed by atoms with E-state index in [0.29, 0.717) is 23.4 Å². The van der Waals surface area contributed by atoms with E-state index in [9.17, 15) is 18.0 Å². The van der Waals surface area contributed by atoms with E-state index >= 15 is 0 Å². The zero-order valence-corrected chi connectivity index (χ0v) is 21.3. The molecule has 8 nitrogen and oxygen atoms in total. The fraction of sp³-hybridized carbons (Fsp3) is 0.103. The number of hydrogen-bond acceptors (Lipinski definition) is 7. The molecule has 0 saturated carbocycles. The van der Waals surface area contributed by atoms with Gasteiger partial charge in [0.1, 0.15) is 17.6 Å². The second-order valence-electron chi connectivity index (χ2n) is 8.85. The molecule has 0 amide bonds. The molecule has 1 unspecified atom stereocenters. The predicted molar refractivity (Wildman–Crippen MR) is 145 cm³/mol. The molecular weight excluding hydrogens is 500 g/mol. The Morgan fingerprint density at radius 1 is 0.842 bits per heavy atom. The summed E-state index contributed by atoms with van der Waals surface area (Å²) in [7, 11) is -2.09. The van der Waals surface area contributed by atoms with Crippen molar-refractivity contribution >= 4 is 38.8 Å². The van der Waals surface area contributed by atoms with Gasteiger partial charge < -0.3 is 0 Å². The number of nitrogens with zero attached hydrogens (tertiary/aromatic N) is 3. The third-order valence-corrected chi connectivity index (χ3v) is 7.56. The van der Waals surface area contributed by atoms with Crippen molar-refractivity contribution < 1.29 is 18.0 Å². The highest BCUT2D eigenvalue weighted by Gasteiger charge is 2.40. The molecule has 3 aromatic carbocycles. The highest BCUT2D eigenvalue weighted by molar-refractivity contribution is 7.92. The number of pyridine rings is 1. The molecule has 0 radical (unpaired) electrons. The van der Waals surface area contributed by atoms with E-state index in [1.54, 1.807) is 54.4 Å². The van der Waals surface area contributed by atoms with Crippen molar-refractivity contribution in [2.24, 2.45) is 4.99 Å². The molecule has 0 spiro atoms. The van der Waals surface area contributed by atoms with Crippen LogP contribution in [-0.2, 0) is 16.6 Å². The fourth-order valence-electron chi connectivity index (χ4n) is 4.37. The Hall–Kier alpha value is -4.47. The Morgan fingerprint density at radius 2 is 1.50 bits per heavy atom. The predicted octanol–water partition coefficient (Wildman–Crippen LogP) is 4.53. The van der Waals surface area contributed by atoms with Gasteiger partial charge in [-0.05, 0) is 49.0 Å². The molecule has 5 rings (SSSR count). The van der Waals surface area contributed by atoms with Crippen molar-refractivity contribution in [2.45, 2.75) is 17.5 Å². The first kappa shape index (κ1) is 25.2. The molecule has 1 aliphatic rings. The van der Waals surface area contributed by atoms with Gasteiger partial charge in [-0.15, -0.1) is 0 Å². The lowest BCUT2D eigenvalue weighted by atomic mass is 9.83. The third-order valence-electron chi connectivity index (χ3n) is 6.19. The molecular formula is C29H24N4O4S. The Morgan fingerprint density at radius 3 is 2.18 bits per heavy atom. The summed E-state index contributed by atoms with van der Waals surface area (Å²) < 4.78 is 27.9. The van der Waals surface area contributed by atoms with Crippen LogP contribution in [0.2, 0.25) is 0 Å². The molecule has 0 saturated heterocycles. The van der Waals surface area contributed by atoms with Crippen LogP contribution < -0.4 is 4.72 Å². The van der Waals surface area contributed by atoms with Gasteiger partial charge in [0.05, 0.1) is 10.6 Å². The van der Waals surface area contributed by atoms with Gasteiger partial charge in [-0.25, -0.2) is 18.4 Å². The number of carbonyl (C=O) groups is 2. The van der Waals surface area contributed by atoms with E-state index in [1.807, 2.05) is 30.3 Å². The van der Waals surface area contributed by atoms with Gasteiger partial charge in [-0.1, -0.05) is 60.7 Å². The number of hydrogen-bond donors (Lipinski definition) is 1. The molecule has 38 heavy (non-hydrogen) atoms. The fourth-order valence-corrected chi connectivity index (χ4v) is 5.38. The van der Waals surface area contributed by atoms with Gasteiger partial charge in [0.25, 0.3) is 10.0 Å². The van der Waals surface area contributed by atoms with Gasteiger partial charge >= 0.3 is 0 Å². The Labute approximate surface area is 220 Å². The summed E-state index contributed by atoms with van der Waals surface area (Å²) >= 11 is 0. The maximum Gasteiger partial charge on any atom is 0.263 e. The molecule has 190 valence electrons. The molecule has 1 N–H and O–H groups in total. The Kier molecular flexibility index (Phi) is 6.95. The summed E-state index contributed by atoms with van der Waals surface area (Å²) in [5.41, 5.74) is 2.11. The third kappa shape index (κ3) is 5.15. The van der Waals surface area contributed by atoms with Crippen molar-refractivity contribution in [1.82, 2.24) is 9.88 Å². The number of benzene rings is 3. The number of nitrogens with one attached hydrogen (secondary N) is 1. The molecule has 1 aliphatic carbocycles. The van der Waals surface area contributed by atoms with Gasteiger partial charge in [-0.2, -0.15) is 0 Å². The van der Waals surface area contributed by atoms with Crippen LogP contribution in [0.5, 0.6) is 0 Å². The van der Waals surface area contributed by atoms with Gasteiger partial charge in [0, 0.05) is 23.9 Å². The van der Waals surface area contributed by atoms with E-state index in [1.165, 1.54) is 30.5 Å². The Balaban J connectivity index is 1.49. The monoisotopic (exact) mass is 524 g/mol. The van der Waals surface area contributed by atoms with Crippen molar-refractivity contribution in [3.8, 4) is 0 Å². The number of aromatic nitrogens is 1. The molecule has 1 aromatic heterocycles. The highest BCUT2D eigenvalue weighted by Crippen LogP contribution is 2.27. The molecule has 4 aromatic rings. The number of Topliss-reactive ketones (excluding diaryl/α,β-unsaturated/α-hetero) is 2. The molecule has 0 fully saturated rings. The number of carbonyl (C=O) groups excluding carboxylic acids is 2. The van der Waals surface area contributed by atoms with Crippen LogP contribution >= 0.6 is 0 Å². The molecule has 0 bridgehead atoms. The number of ketones is 2. The SMILES string of the molecule is CN(Cc1ccccc1)C1C(=O)c2ccccc2C(=O)C1=Nc1ccc(S(=O)(=O)Nc2ccccn2)cc1. The average molecular weight is 525 g/mol. The number of sulfonamides is 1. The summed E-state index contributed by atoms with van der Waals surface area (Å²) in [5.74, 6) is -0.346. The number of likely N-dealkylation sites (N-methyl/N-ethyl adjacent to an activating group) is 1. The van der Waals surface area contributed by atoms with Crippen molar-refractivity contribution in [2.75, 3.05) is 11.8 Å². The molecule has 1 atom stereocenters. The topological polar surface area (TPSA) is 109 Å². The van der Waals surface area contributed by atoms with Crippen LogP contribution in [0.4, 0.5) is 11.5 Å². The van der Waals surface area contributed by atoms with Crippen LogP contribution in [-0.4, -0.2) is 48.7 Å². The smallest absolute Gasteiger partial charge is 0.263 e. The summed E-state index contributed by atoms with van der Waals surface area (Å²) in [6.45, 7) is 0.433. The summed E-state index contributed by atoms with van der Waals surface area (Å²) in [5, 5.41) is 0. The maximum atomic E-state index is 13.6. The van der Waals surface area contributed by atoms with Gasteiger partial charge in [0.2, 0.25) is 5.78 Å². The van der Waals surface area contributed by atoms with E-state index < -0.39 is 16.1 Å². The first-order valence-corrected chi connectivity index (χ1v) is 13.4. The minimum Gasteiger partial charge on any atom is -0.292 e. The largest absolute Gasteiger partial charge is 0.292 e. The van der Waals surface area contributed by atoms with Crippen LogP contribution in [0.15, 0.2) is 113 Å². The van der Waals surface area contributed by atoms with Crippen LogP contribution in [0.1, 0.15) is 26.3 Å². The molecule has 9 heteroatoms. The van der Waals surface area contributed by atoms with Gasteiger partial charge in [0.15, 0.2) is 5.78 Å². The normalized spacial score (nSPS) is 16.5. The number of rotatable bonds is 7. The number of aliphatic imine (C=N–C) groups is 1. The minimum atomic E-state index is -3.87. The molecule has 1 heterocycles. The van der Waals surface area contributed by atoms with E-state index in [4.69, 9.17) is 0 Å². The first-order valence-electron chi connectivity index (χ1n) is 11.9. The maximum absolute atomic E-state index is 13.6. The quantitative estimate of drug-likeness (QED) is 0.380. The van der Waals surface area contributed by atoms with E-state index in [0.717, 1.165) is 5.56 Å². The van der Waals surface area contributed by atoms with Gasteiger partial charge in [-0.3, -0.25) is 19.2 Å². The van der Waals surface area contributed by atoms with Crippen LogP contribution in [0.3, 0.4) is 0 Å². The minimum absolute atomic E-state index is 0.0150. The number of fused-ring (bicyclic) bond motifs is 1. The Bertz CT molecular complexity index is 1620. The average Bonchev–Trinajstić information content (AvgIpc) is 2.93. The summed E-state index contributed by atoms with van der Waals surface area (Å²) in [6.07, 6.45) is 1.49. The highest BCUT2D eigenvalue weighted by atomic mass is 32.2. The second kappa shape index (κ2) is 10.5. The van der Waals surface area contributed by atoms with Crippen LogP contribution in [0, 0.1) is 0 Å². The summed E-state index contributed by atoms with van der Waals surface area (Å²) in [4.78, 5) is 37.5. The first-order chi connectivity index (χ1) is 18.3. The van der Waals surface area contributed by atoms with Crippen molar-refractivity contribution in [1.29, 1.82) is 0 Å². The van der Waals surface area contributed by atoms with Crippen LogP contribution in [0.25, 0.3) is 0 Å². The second-order valence-corrected chi connectivity index (χ2v) is 10.5. The number of anilines is 1. The van der Waals surface area contributed by atoms with E-state index in [2.05, 4.69) is 14.7 Å². The van der Waals surface area contributed by atoms with Crippen molar-refractivity contribution in [3.05, 3.63) is 120 Å². The molecule has 0 aliphatic heterocycles. The summed E-state index contributed by atoms with van der Waals surface area (Å²) in [6, 6.07) is 26.2. The standard InChI is InChI=1S/C29H24N4O4S/c1-33(19-20-9-3-2-4-10-20)27-26(28(34)23-11-5-6-12-24(23)29(27)35)31-21-14-16-22(17-15-21)38(36,37)32-25-13-7-8-18-30-25/h2-18,27H,19H2,1H3,(H,30,32). The lowest BCUT2D eigenvalue weighted by Gasteiger charge is -2.31. The zero-order chi connectivity index (χ0) is 26.7.